The van der Waals surface area contributed by atoms with Gasteiger partial charge in [0, 0.05) is 16.6 Å². The number of rotatable bonds is 8. The highest BCUT2D eigenvalue weighted by molar-refractivity contribution is 9.10. The Labute approximate surface area is 163 Å². The first-order chi connectivity index (χ1) is 12.4. The van der Waals surface area contributed by atoms with Crippen molar-refractivity contribution in [3.63, 3.8) is 0 Å². The first-order valence-corrected chi connectivity index (χ1v) is 9.30. The fraction of sp³-hybridized carbons (Fsp3) is 0.350. The topological polar surface area (TPSA) is 52.0 Å². The SMILES string of the molecule is COc1ccc(CC[NH+](C)CC(=O)Nc2ccc(C)c(Br)c2)cc1OC. The molecule has 2 aromatic carbocycles. The van der Waals surface area contributed by atoms with Crippen LogP contribution in [0.25, 0.3) is 0 Å². The maximum atomic E-state index is 12.2. The van der Waals surface area contributed by atoms with Crippen molar-refractivity contribution in [1.29, 1.82) is 0 Å². The number of benzene rings is 2. The fourth-order valence-corrected chi connectivity index (χ4v) is 3.01. The Morgan fingerprint density at radius 2 is 1.85 bits per heavy atom. The van der Waals surface area contributed by atoms with Crippen LogP contribution in [0, 0.1) is 6.92 Å². The van der Waals surface area contributed by atoms with E-state index in [1.165, 1.54) is 0 Å². The minimum atomic E-state index is 0.00515. The Morgan fingerprint density at radius 3 is 2.50 bits per heavy atom. The van der Waals surface area contributed by atoms with Crippen LogP contribution in [-0.4, -0.2) is 40.3 Å². The standard InChI is InChI=1S/C20H25BrN2O3/c1-14-5-7-16(12-17(14)21)22-20(24)13-23(2)10-9-15-6-8-18(25-3)19(11-15)26-4/h5-8,11-12H,9-10,13H2,1-4H3,(H,22,24)/p+1. The highest BCUT2D eigenvalue weighted by atomic mass is 79.9. The van der Waals surface area contributed by atoms with Gasteiger partial charge in [0.15, 0.2) is 18.0 Å². The first kappa shape index (κ1) is 20.3. The van der Waals surface area contributed by atoms with E-state index in [0.29, 0.717) is 6.54 Å². The molecular formula is C20H26BrN2O3+. The molecule has 1 unspecified atom stereocenters. The first-order valence-electron chi connectivity index (χ1n) is 8.51. The van der Waals surface area contributed by atoms with Gasteiger partial charge in [0.25, 0.3) is 5.91 Å². The lowest BCUT2D eigenvalue weighted by Gasteiger charge is -2.15. The molecule has 6 heteroatoms. The number of amides is 1. The van der Waals surface area contributed by atoms with Gasteiger partial charge in [-0.1, -0.05) is 28.1 Å². The van der Waals surface area contributed by atoms with Crippen molar-refractivity contribution in [3.8, 4) is 11.5 Å². The molecule has 0 heterocycles. The summed E-state index contributed by atoms with van der Waals surface area (Å²) < 4.78 is 11.6. The summed E-state index contributed by atoms with van der Waals surface area (Å²) in [5, 5.41) is 2.95. The van der Waals surface area contributed by atoms with Gasteiger partial charge in [0.2, 0.25) is 0 Å². The predicted octanol–water partition coefficient (Wildman–Crippen LogP) is 2.47. The molecule has 0 fully saturated rings. The number of carbonyl (C=O) groups is 1. The highest BCUT2D eigenvalue weighted by Gasteiger charge is 2.12. The lowest BCUT2D eigenvalue weighted by atomic mass is 10.1. The summed E-state index contributed by atoms with van der Waals surface area (Å²) in [5.41, 5.74) is 3.10. The molecule has 0 saturated carbocycles. The minimum absolute atomic E-state index is 0.00515. The van der Waals surface area contributed by atoms with Gasteiger partial charge in [-0.15, -0.1) is 0 Å². The molecular weight excluding hydrogens is 396 g/mol. The number of hydrogen-bond donors (Lipinski definition) is 2. The molecule has 0 aliphatic carbocycles. The van der Waals surface area contributed by atoms with E-state index in [4.69, 9.17) is 9.47 Å². The summed E-state index contributed by atoms with van der Waals surface area (Å²) in [5.74, 6) is 1.46. The normalized spacial score (nSPS) is 11.7. The molecule has 0 saturated heterocycles. The van der Waals surface area contributed by atoms with Gasteiger partial charge < -0.3 is 19.7 Å². The number of carbonyl (C=O) groups excluding carboxylic acids is 1. The molecule has 140 valence electrons. The third-order valence-electron chi connectivity index (χ3n) is 4.21. The third kappa shape index (κ3) is 5.75. The average Bonchev–Trinajstić information content (AvgIpc) is 2.62. The predicted molar refractivity (Wildman–Crippen MR) is 107 cm³/mol. The molecule has 2 rings (SSSR count). The molecule has 0 radical (unpaired) electrons. The van der Waals surface area contributed by atoms with Crippen LogP contribution in [0.4, 0.5) is 5.69 Å². The summed E-state index contributed by atoms with van der Waals surface area (Å²) in [6.07, 6.45) is 0.857. The summed E-state index contributed by atoms with van der Waals surface area (Å²) in [7, 11) is 5.28. The van der Waals surface area contributed by atoms with Gasteiger partial charge in [-0.3, -0.25) is 4.79 Å². The lowest BCUT2D eigenvalue weighted by Crippen LogP contribution is -3.10. The van der Waals surface area contributed by atoms with E-state index >= 15 is 0 Å². The number of anilines is 1. The van der Waals surface area contributed by atoms with Crippen molar-refractivity contribution in [1.82, 2.24) is 0 Å². The van der Waals surface area contributed by atoms with E-state index in [-0.39, 0.29) is 5.91 Å². The maximum Gasteiger partial charge on any atom is 0.279 e. The fourth-order valence-electron chi connectivity index (χ4n) is 2.63. The number of quaternary nitrogens is 1. The number of methoxy groups -OCH3 is 2. The smallest absolute Gasteiger partial charge is 0.279 e. The summed E-state index contributed by atoms with van der Waals surface area (Å²) in [6, 6.07) is 11.7. The molecule has 26 heavy (non-hydrogen) atoms. The third-order valence-corrected chi connectivity index (χ3v) is 5.06. The van der Waals surface area contributed by atoms with E-state index in [9.17, 15) is 4.79 Å². The van der Waals surface area contributed by atoms with E-state index in [1.54, 1.807) is 14.2 Å². The maximum absolute atomic E-state index is 12.2. The van der Waals surface area contributed by atoms with Crippen LogP contribution in [0.15, 0.2) is 40.9 Å². The van der Waals surface area contributed by atoms with Gasteiger partial charge in [-0.25, -0.2) is 0 Å². The Kier molecular flexibility index (Phi) is 7.48. The van der Waals surface area contributed by atoms with Crippen molar-refractivity contribution >= 4 is 27.5 Å². The van der Waals surface area contributed by atoms with Gasteiger partial charge in [-0.05, 0) is 42.3 Å². The molecule has 5 nitrogen and oxygen atoms in total. The monoisotopic (exact) mass is 421 g/mol. The Balaban J connectivity index is 1.85. The largest absolute Gasteiger partial charge is 0.493 e. The lowest BCUT2D eigenvalue weighted by molar-refractivity contribution is -0.870. The van der Waals surface area contributed by atoms with Crippen LogP contribution in [0.2, 0.25) is 0 Å². The molecule has 0 aliphatic rings. The number of hydrogen-bond acceptors (Lipinski definition) is 3. The summed E-state index contributed by atoms with van der Waals surface area (Å²) >= 11 is 3.48. The van der Waals surface area contributed by atoms with Crippen molar-refractivity contribution in [2.75, 3.05) is 39.7 Å². The van der Waals surface area contributed by atoms with Gasteiger partial charge in [0.1, 0.15) is 0 Å². The second kappa shape index (κ2) is 9.59. The summed E-state index contributed by atoms with van der Waals surface area (Å²) in [4.78, 5) is 13.4. The van der Waals surface area contributed by atoms with Crippen molar-refractivity contribution in [2.45, 2.75) is 13.3 Å². The Bertz CT molecular complexity index is 765. The Hall–Kier alpha value is -2.05. The number of nitrogens with one attached hydrogen (secondary N) is 2. The second-order valence-corrected chi connectivity index (χ2v) is 7.19. The minimum Gasteiger partial charge on any atom is -0.493 e. The van der Waals surface area contributed by atoms with Crippen LogP contribution in [0.1, 0.15) is 11.1 Å². The van der Waals surface area contributed by atoms with E-state index in [2.05, 4.69) is 21.2 Å². The zero-order valence-corrected chi connectivity index (χ0v) is 17.3. The van der Waals surface area contributed by atoms with Crippen LogP contribution in [0.5, 0.6) is 11.5 Å². The van der Waals surface area contributed by atoms with E-state index in [1.807, 2.05) is 50.4 Å². The molecule has 1 amide bonds. The van der Waals surface area contributed by atoms with E-state index < -0.39 is 0 Å². The number of halogens is 1. The van der Waals surface area contributed by atoms with Gasteiger partial charge >= 0.3 is 0 Å². The number of ether oxygens (including phenoxy) is 2. The highest BCUT2D eigenvalue weighted by Crippen LogP contribution is 2.27. The molecule has 2 N–H and O–H groups in total. The van der Waals surface area contributed by atoms with Gasteiger partial charge in [0.05, 0.1) is 27.8 Å². The van der Waals surface area contributed by atoms with Crippen molar-refractivity contribution < 1.29 is 19.2 Å². The van der Waals surface area contributed by atoms with E-state index in [0.717, 1.165) is 50.7 Å². The average molecular weight is 422 g/mol. The second-order valence-electron chi connectivity index (χ2n) is 6.34. The zero-order chi connectivity index (χ0) is 19.1. The molecule has 0 aromatic heterocycles. The van der Waals surface area contributed by atoms with Crippen LogP contribution >= 0.6 is 15.9 Å². The molecule has 0 aliphatic heterocycles. The van der Waals surface area contributed by atoms with Crippen LogP contribution in [0.3, 0.4) is 0 Å². The van der Waals surface area contributed by atoms with Crippen molar-refractivity contribution in [3.05, 3.63) is 52.0 Å². The Morgan fingerprint density at radius 1 is 1.12 bits per heavy atom. The molecule has 0 bridgehead atoms. The summed E-state index contributed by atoms with van der Waals surface area (Å²) in [6.45, 7) is 3.28. The van der Waals surface area contributed by atoms with Crippen LogP contribution in [-0.2, 0) is 11.2 Å². The van der Waals surface area contributed by atoms with Crippen LogP contribution < -0.4 is 19.7 Å². The quantitative estimate of drug-likeness (QED) is 0.688. The molecule has 1 atom stereocenters. The molecule has 2 aromatic rings. The zero-order valence-electron chi connectivity index (χ0n) is 15.7. The van der Waals surface area contributed by atoms with Crippen molar-refractivity contribution in [2.24, 2.45) is 0 Å². The number of aryl methyl sites for hydroxylation is 1. The van der Waals surface area contributed by atoms with Gasteiger partial charge in [-0.2, -0.15) is 0 Å². The number of likely N-dealkylation sites (N-methyl/N-ethyl adjacent to an activating group) is 1. The molecule has 0 spiro atoms.